The van der Waals surface area contributed by atoms with Gasteiger partial charge in [0.2, 0.25) is 0 Å². The average Bonchev–Trinajstić information content (AvgIpc) is 2.73. The maximum atomic E-state index is 10.1. The Labute approximate surface area is 186 Å². The lowest BCUT2D eigenvalue weighted by molar-refractivity contribution is 0.115. The summed E-state index contributed by atoms with van der Waals surface area (Å²) in [5.74, 6) is 1.79. The molecule has 28 heavy (non-hydrogen) atoms. The molecule has 2 aliphatic rings. The topological polar surface area (TPSA) is 69.1 Å². The number of piperidine rings is 1. The van der Waals surface area contributed by atoms with E-state index in [0.717, 1.165) is 29.9 Å². The minimum absolute atomic E-state index is 0. The summed E-state index contributed by atoms with van der Waals surface area (Å²) in [7, 11) is 3.42. The van der Waals surface area contributed by atoms with Crippen molar-refractivity contribution in [1.29, 1.82) is 0 Å². The van der Waals surface area contributed by atoms with Gasteiger partial charge in [0.25, 0.3) is 0 Å². The van der Waals surface area contributed by atoms with Crippen molar-refractivity contribution in [2.24, 2.45) is 4.99 Å². The number of aromatic hydroxyl groups is 1. The molecule has 1 aromatic rings. The Balaban J connectivity index is 0.00000280. The van der Waals surface area contributed by atoms with E-state index in [-0.39, 0.29) is 29.7 Å². The van der Waals surface area contributed by atoms with E-state index < -0.39 is 0 Å². The van der Waals surface area contributed by atoms with Gasteiger partial charge in [0.15, 0.2) is 5.96 Å². The van der Waals surface area contributed by atoms with Gasteiger partial charge in [0.05, 0.1) is 7.11 Å². The summed E-state index contributed by atoms with van der Waals surface area (Å²) in [6.45, 7) is 2.82. The lowest BCUT2D eigenvalue weighted by atomic mass is 9.92. The van der Waals surface area contributed by atoms with Crippen molar-refractivity contribution >= 4 is 29.9 Å². The van der Waals surface area contributed by atoms with Crippen molar-refractivity contribution in [1.82, 2.24) is 15.5 Å². The van der Waals surface area contributed by atoms with Gasteiger partial charge in [0, 0.05) is 37.8 Å². The van der Waals surface area contributed by atoms with Crippen molar-refractivity contribution in [3.63, 3.8) is 0 Å². The minimum Gasteiger partial charge on any atom is -0.508 e. The van der Waals surface area contributed by atoms with Gasteiger partial charge in [-0.3, -0.25) is 9.89 Å². The molecule has 1 aliphatic carbocycles. The summed E-state index contributed by atoms with van der Waals surface area (Å²) < 4.78 is 5.24. The molecule has 1 unspecified atom stereocenters. The number of ether oxygens (including phenoxy) is 1. The van der Waals surface area contributed by atoms with E-state index in [1.807, 2.05) is 6.07 Å². The highest BCUT2D eigenvalue weighted by molar-refractivity contribution is 14.0. The molecule has 3 rings (SSSR count). The fourth-order valence-corrected chi connectivity index (χ4v) is 4.30. The number of likely N-dealkylation sites (tertiary alicyclic amines) is 1. The second-order valence-corrected chi connectivity index (χ2v) is 7.69. The zero-order chi connectivity index (χ0) is 19.1. The van der Waals surface area contributed by atoms with Crippen molar-refractivity contribution in [2.75, 3.05) is 27.2 Å². The quantitative estimate of drug-likeness (QED) is 0.327. The summed E-state index contributed by atoms with van der Waals surface area (Å²) in [6.07, 6.45) is 9.29. The summed E-state index contributed by atoms with van der Waals surface area (Å²) in [4.78, 5) is 7.05. The van der Waals surface area contributed by atoms with Crippen LogP contribution in [0, 0.1) is 0 Å². The van der Waals surface area contributed by atoms with Crippen LogP contribution >= 0.6 is 24.0 Å². The lowest BCUT2D eigenvalue weighted by Gasteiger charge is -2.40. The highest BCUT2D eigenvalue weighted by Crippen LogP contribution is 2.25. The normalized spacial score (nSPS) is 21.6. The molecule has 0 amide bonds. The van der Waals surface area contributed by atoms with Crippen LogP contribution in [0.1, 0.15) is 50.5 Å². The minimum atomic E-state index is 0. The number of phenols is 1. The van der Waals surface area contributed by atoms with Crippen LogP contribution in [0.2, 0.25) is 0 Å². The van der Waals surface area contributed by atoms with Crippen molar-refractivity contribution < 1.29 is 9.84 Å². The molecule has 0 bridgehead atoms. The van der Waals surface area contributed by atoms with E-state index in [0.29, 0.717) is 12.6 Å². The molecule has 1 heterocycles. The third-order valence-corrected chi connectivity index (χ3v) is 5.84. The van der Waals surface area contributed by atoms with Crippen LogP contribution in [0.5, 0.6) is 11.5 Å². The number of guanidine groups is 1. The number of hydrogen-bond acceptors (Lipinski definition) is 4. The maximum Gasteiger partial charge on any atom is 0.191 e. The fraction of sp³-hybridized carbons (Fsp3) is 0.667. The van der Waals surface area contributed by atoms with Gasteiger partial charge in [-0.1, -0.05) is 19.3 Å². The Bertz CT molecular complexity index is 635. The summed E-state index contributed by atoms with van der Waals surface area (Å²) >= 11 is 0. The molecule has 158 valence electrons. The number of nitrogens with one attached hydrogen (secondary N) is 2. The van der Waals surface area contributed by atoms with Crippen LogP contribution in [0.25, 0.3) is 0 Å². The Morgan fingerprint density at radius 2 is 2.00 bits per heavy atom. The molecule has 1 aromatic carbocycles. The van der Waals surface area contributed by atoms with E-state index in [2.05, 4.69) is 20.5 Å². The Morgan fingerprint density at radius 1 is 1.21 bits per heavy atom. The van der Waals surface area contributed by atoms with E-state index in [1.165, 1.54) is 51.5 Å². The van der Waals surface area contributed by atoms with E-state index >= 15 is 0 Å². The Hall–Kier alpha value is -1.22. The number of phenolic OH excluding ortho intramolecular Hbond substituents is 1. The van der Waals surface area contributed by atoms with Gasteiger partial charge in [0.1, 0.15) is 11.5 Å². The number of aliphatic imine (C=N–C) groups is 1. The molecule has 1 saturated carbocycles. The summed E-state index contributed by atoms with van der Waals surface area (Å²) in [6, 6.07) is 6.46. The van der Waals surface area contributed by atoms with Gasteiger partial charge >= 0.3 is 0 Å². The van der Waals surface area contributed by atoms with Gasteiger partial charge in [-0.25, -0.2) is 0 Å². The molecule has 0 aromatic heterocycles. The third kappa shape index (κ3) is 6.40. The number of rotatable bonds is 5. The smallest absolute Gasteiger partial charge is 0.191 e. The monoisotopic (exact) mass is 502 g/mol. The highest BCUT2D eigenvalue weighted by atomic mass is 127. The number of hydrogen-bond donors (Lipinski definition) is 3. The third-order valence-electron chi connectivity index (χ3n) is 5.84. The lowest BCUT2D eigenvalue weighted by Crippen LogP contribution is -2.53. The summed E-state index contributed by atoms with van der Waals surface area (Å²) in [5.41, 5.74) is 0.796. The summed E-state index contributed by atoms with van der Waals surface area (Å²) in [5, 5.41) is 17.0. The first-order valence-electron chi connectivity index (χ1n) is 10.3. The molecule has 1 aliphatic heterocycles. The van der Waals surface area contributed by atoms with E-state index in [1.54, 1.807) is 26.3 Å². The number of methoxy groups -OCH3 is 1. The molecule has 2 fully saturated rings. The molecular formula is C21H35IN4O2. The van der Waals surface area contributed by atoms with Crippen molar-refractivity contribution in [3.8, 4) is 11.5 Å². The molecule has 7 heteroatoms. The number of nitrogens with zero attached hydrogens (tertiary/aromatic N) is 2. The first-order valence-corrected chi connectivity index (χ1v) is 10.3. The second kappa shape index (κ2) is 11.7. The van der Waals surface area contributed by atoms with Gasteiger partial charge < -0.3 is 20.5 Å². The maximum absolute atomic E-state index is 10.1. The Kier molecular flexibility index (Phi) is 9.64. The average molecular weight is 502 g/mol. The zero-order valence-corrected chi connectivity index (χ0v) is 19.4. The van der Waals surface area contributed by atoms with E-state index in [9.17, 15) is 5.11 Å². The van der Waals surface area contributed by atoms with Crippen LogP contribution in [-0.4, -0.2) is 55.3 Å². The first-order chi connectivity index (χ1) is 13.2. The van der Waals surface area contributed by atoms with Crippen molar-refractivity contribution in [3.05, 3.63) is 23.8 Å². The Morgan fingerprint density at radius 3 is 2.71 bits per heavy atom. The molecule has 1 saturated heterocycles. The molecule has 3 N–H and O–H groups in total. The SMILES string of the molecule is CN=C(NCc1cc(OC)ccc1O)NC1CCCN(C2CCCCC2)C1.I. The highest BCUT2D eigenvalue weighted by Gasteiger charge is 2.27. The molecule has 1 atom stereocenters. The van der Waals surface area contributed by atoms with Gasteiger partial charge in [-0.15, -0.1) is 24.0 Å². The predicted octanol–water partition coefficient (Wildman–Crippen LogP) is 3.48. The van der Waals surface area contributed by atoms with E-state index in [4.69, 9.17) is 4.74 Å². The van der Waals surface area contributed by atoms with Gasteiger partial charge in [-0.2, -0.15) is 0 Å². The number of benzene rings is 1. The van der Waals surface area contributed by atoms with Crippen LogP contribution < -0.4 is 15.4 Å². The predicted molar refractivity (Wildman–Crippen MR) is 125 cm³/mol. The fourth-order valence-electron chi connectivity index (χ4n) is 4.30. The van der Waals surface area contributed by atoms with Crippen LogP contribution in [0.3, 0.4) is 0 Å². The van der Waals surface area contributed by atoms with Crippen molar-refractivity contribution in [2.45, 2.75) is 63.6 Å². The zero-order valence-electron chi connectivity index (χ0n) is 17.1. The molecule has 6 nitrogen and oxygen atoms in total. The standard InChI is InChI=1S/C21H34N4O2.HI/c1-22-21(23-14-16-13-19(27-2)10-11-20(16)26)24-17-7-6-12-25(15-17)18-8-4-3-5-9-18;/h10-11,13,17-18,26H,3-9,12,14-15H2,1-2H3,(H2,22,23,24);1H. The van der Waals surface area contributed by atoms with Crippen LogP contribution in [-0.2, 0) is 6.54 Å². The van der Waals surface area contributed by atoms with Crippen LogP contribution in [0.4, 0.5) is 0 Å². The molecule has 0 spiro atoms. The molecule has 0 radical (unpaired) electrons. The van der Waals surface area contributed by atoms with Crippen LogP contribution in [0.15, 0.2) is 23.2 Å². The molecular weight excluding hydrogens is 467 g/mol. The largest absolute Gasteiger partial charge is 0.508 e. The number of halogens is 1. The second-order valence-electron chi connectivity index (χ2n) is 7.69. The van der Waals surface area contributed by atoms with Gasteiger partial charge in [-0.05, 0) is 50.4 Å². The first kappa shape index (κ1) is 23.1.